The van der Waals surface area contributed by atoms with Crippen LogP contribution in [0.1, 0.15) is 41.8 Å². The van der Waals surface area contributed by atoms with Crippen LogP contribution < -0.4 is 5.32 Å². The summed E-state index contributed by atoms with van der Waals surface area (Å²) in [5, 5.41) is 4.53. The molecule has 4 rings (SSSR count). The molecule has 1 aromatic heterocycles. The van der Waals surface area contributed by atoms with Crippen LogP contribution in [0.3, 0.4) is 0 Å². The fraction of sp³-hybridized carbons (Fsp3) is 0.333. The van der Waals surface area contributed by atoms with Gasteiger partial charge in [0.15, 0.2) is 5.76 Å². The lowest BCUT2D eigenvalue weighted by atomic mass is 9.93. The number of carbonyl (C=O) groups is 2. The van der Waals surface area contributed by atoms with Gasteiger partial charge in [0, 0.05) is 36.5 Å². The Morgan fingerprint density at radius 3 is 2.77 bits per heavy atom. The van der Waals surface area contributed by atoms with Crippen molar-refractivity contribution in [2.75, 3.05) is 13.1 Å². The number of fused-ring (bicyclic) bond motifs is 1. The summed E-state index contributed by atoms with van der Waals surface area (Å²) in [6.45, 7) is 1.82. The standard InChI is InChI=1S/C24H25ClN2O3/c25-20-9-3-1-8-19(20)15-26-23(28)12-11-17-6-5-13-27(16-17)24(29)22-14-18-7-2-4-10-21(18)30-22/h1-4,7-10,14,17H,5-6,11-13,15-16H2,(H,26,28). The van der Waals surface area contributed by atoms with E-state index in [1.165, 1.54) is 0 Å². The Bertz CT molecular complexity index is 1010. The predicted octanol–water partition coefficient (Wildman–Crippen LogP) is 5.04. The fourth-order valence-corrected chi connectivity index (χ4v) is 4.19. The predicted molar refractivity (Wildman–Crippen MR) is 117 cm³/mol. The highest BCUT2D eigenvalue weighted by Crippen LogP contribution is 2.25. The summed E-state index contributed by atoms with van der Waals surface area (Å²) in [7, 11) is 0. The van der Waals surface area contributed by atoms with Gasteiger partial charge in [0.2, 0.25) is 5.91 Å². The van der Waals surface area contributed by atoms with Gasteiger partial charge in [0.1, 0.15) is 5.58 Å². The molecule has 3 aromatic rings. The molecule has 30 heavy (non-hydrogen) atoms. The van der Waals surface area contributed by atoms with E-state index in [1.807, 2.05) is 59.5 Å². The molecule has 1 unspecified atom stereocenters. The lowest BCUT2D eigenvalue weighted by Crippen LogP contribution is -2.40. The molecular formula is C24H25ClN2O3. The molecule has 0 saturated carbocycles. The quantitative estimate of drug-likeness (QED) is 0.603. The third-order valence-corrected chi connectivity index (χ3v) is 6.02. The van der Waals surface area contributed by atoms with E-state index in [0.717, 1.165) is 42.3 Å². The zero-order valence-electron chi connectivity index (χ0n) is 16.8. The van der Waals surface area contributed by atoms with Gasteiger partial charge in [-0.1, -0.05) is 48.0 Å². The smallest absolute Gasteiger partial charge is 0.289 e. The van der Waals surface area contributed by atoms with E-state index < -0.39 is 0 Å². The highest BCUT2D eigenvalue weighted by Gasteiger charge is 2.26. The third-order valence-electron chi connectivity index (χ3n) is 5.66. The van der Waals surface area contributed by atoms with Crippen molar-refractivity contribution >= 4 is 34.4 Å². The number of hydrogen-bond acceptors (Lipinski definition) is 3. The Hall–Kier alpha value is -2.79. The lowest BCUT2D eigenvalue weighted by Gasteiger charge is -2.32. The van der Waals surface area contributed by atoms with Gasteiger partial charge >= 0.3 is 0 Å². The summed E-state index contributed by atoms with van der Waals surface area (Å²) in [5.41, 5.74) is 1.64. The maximum Gasteiger partial charge on any atom is 0.289 e. The summed E-state index contributed by atoms with van der Waals surface area (Å²) in [4.78, 5) is 27.0. The monoisotopic (exact) mass is 424 g/mol. The van der Waals surface area contributed by atoms with Crippen molar-refractivity contribution in [2.45, 2.75) is 32.2 Å². The van der Waals surface area contributed by atoms with Gasteiger partial charge in [-0.05, 0) is 48.9 Å². The van der Waals surface area contributed by atoms with Gasteiger partial charge in [0.25, 0.3) is 5.91 Å². The number of furan rings is 1. The molecule has 0 spiro atoms. The molecule has 1 saturated heterocycles. The van der Waals surface area contributed by atoms with Crippen molar-refractivity contribution in [1.82, 2.24) is 10.2 Å². The number of para-hydroxylation sites is 1. The summed E-state index contributed by atoms with van der Waals surface area (Å²) in [5.74, 6) is 0.641. The number of hydrogen-bond donors (Lipinski definition) is 1. The number of halogens is 1. The summed E-state index contributed by atoms with van der Waals surface area (Å²) < 4.78 is 5.73. The maximum absolute atomic E-state index is 12.9. The van der Waals surface area contributed by atoms with Crippen LogP contribution in [0.4, 0.5) is 0 Å². The van der Waals surface area contributed by atoms with E-state index in [0.29, 0.717) is 36.2 Å². The van der Waals surface area contributed by atoms with Crippen molar-refractivity contribution in [3.63, 3.8) is 0 Å². The molecule has 1 atom stereocenters. The lowest BCUT2D eigenvalue weighted by molar-refractivity contribution is -0.121. The van der Waals surface area contributed by atoms with E-state index in [2.05, 4.69) is 5.32 Å². The number of piperidine rings is 1. The van der Waals surface area contributed by atoms with Crippen LogP contribution in [0.15, 0.2) is 59.0 Å². The Labute approximate surface area is 181 Å². The molecule has 2 aromatic carbocycles. The van der Waals surface area contributed by atoms with Crippen molar-refractivity contribution in [3.8, 4) is 0 Å². The van der Waals surface area contributed by atoms with Gasteiger partial charge in [-0.3, -0.25) is 9.59 Å². The van der Waals surface area contributed by atoms with Gasteiger partial charge in [0.05, 0.1) is 0 Å². The number of nitrogens with one attached hydrogen (secondary N) is 1. The average molecular weight is 425 g/mol. The van der Waals surface area contributed by atoms with E-state index in [9.17, 15) is 9.59 Å². The first-order chi connectivity index (χ1) is 14.6. The van der Waals surface area contributed by atoms with Gasteiger partial charge in [-0.25, -0.2) is 0 Å². The molecule has 2 amide bonds. The van der Waals surface area contributed by atoms with Crippen molar-refractivity contribution in [2.24, 2.45) is 5.92 Å². The van der Waals surface area contributed by atoms with Gasteiger partial charge in [-0.15, -0.1) is 0 Å². The van der Waals surface area contributed by atoms with Crippen LogP contribution in [0.2, 0.25) is 5.02 Å². The van der Waals surface area contributed by atoms with Crippen LogP contribution in [0.25, 0.3) is 11.0 Å². The molecule has 1 aliphatic rings. The second-order valence-corrected chi connectivity index (χ2v) is 8.22. The van der Waals surface area contributed by atoms with Gasteiger partial charge in [-0.2, -0.15) is 0 Å². The zero-order chi connectivity index (χ0) is 20.9. The molecule has 6 heteroatoms. The number of amides is 2. The first-order valence-electron chi connectivity index (χ1n) is 10.4. The second kappa shape index (κ2) is 9.35. The minimum atomic E-state index is -0.0703. The van der Waals surface area contributed by atoms with Crippen LogP contribution in [-0.4, -0.2) is 29.8 Å². The third kappa shape index (κ3) is 4.85. The Balaban J connectivity index is 1.28. The Morgan fingerprint density at radius 2 is 1.93 bits per heavy atom. The van der Waals surface area contributed by atoms with E-state index in [-0.39, 0.29) is 11.8 Å². The largest absolute Gasteiger partial charge is 0.451 e. The first kappa shape index (κ1) is 20.5. The minimum absolute atomic E-state index is 0.00986. The van der Waals surface area contributed by atoms with E-state index in [4.69, 9.17) is 16.0 Å². The SMILES string of the molecule is O=C(CCC1CCCN(C(=O)c2cc3ccccc3o2)C1)NCc1ccccc1Cl. The van der Waals surface area contributed by atoms with Crippen LogP contribution >= 0.6 is 11.6 Å². The molecule has 156 valence electrons. The number of benzene rings is 2. The normalized spacial score (nSPS) is 16.6. The Morgan fingerprint density at radius 1 is 1.13 bits per heavy atom. The molecule has 1 N–H and O–H groups in total. The van der Waals surface area contributed by atoms with Crippen molar-refractivity contribution in [1.29, 1.82) is 0 Å². The van der Waals surface area contributed by atoms with Crippen LogP contribution in [-0.2, 0) is 11.3 Å². The van der Waals surface area contributed by atoms with E-state index in [1.54, 1.807) is 0 Å². The maximum atomic E-state index is 12.9. The molecular weight excluding hydrogens is 400 g/mol. The first-order valence-corrected chi connectivity index (χ1v) is 10.8. The number of nitrogens with zero attached hydrogens (tertiary/aromatic N) is 1. The topological polar surface area (TPSA) is 62.6 Å². The van der Waals surface area contributed by atoms with Crippen molar-refractivity contribution < 1.29 is 14.0 Å². The number of carbonyl (C=O) groups excluding carboxylic acids is 2. The molecule has 5 nitrogen and oxygen atoms in total. The molecule has 1 fully saturated rings. The summed E-state index contributed by atoms with van der Waals surface area (Å²) in [6.07, 6.45) is 3.18. The second-order valence-electron chi connectivity index (χ2n) is 7.81. The van der Waals surface area contributed by atoms with Crippen molar-refractivity contribution in [3.05, 3.63) is 70.9 Å². The molecule has 0 radical (unpaired) electrons. The highest BCUT2D eigenvalue weighted by molar-refractivity contribution is 6.31. The van der Waals surface area contributed by atoms with Crippen LogP contribution in [0, 0.1) is 5.92 Å². The fourth-order valence-electron chi connectivity index (χ4n) is 3.99. The molecule has 2 heterocycles. The zero-order valence-corrected chi connectivity index (χ0v) is 17.5. The molecule has 1 aliphatic heterocycles. The van der Waals surface area contributed by atoms with Crippen LogP contribution in [0.5, 0.6) is 0 Å². The minimum Gasteiger partial charge on any atom is -0.451 e. The summed E-state index contributed by atoms with van der Waals surface area (Å²) in [6, 6.07) is 16.9. The Kier molecular flexibility index (Phi) is 6.38. The van der Waals surface area contributed by atoms with Gasteiger partial charge < -0.3 is 14.6 Å². The summed E-state index contributed by atoms with van der Waals surface area (Å²) >= 11 is 6.13. The van der Waals surface area contributed by atoms with E-state index >= 15 is 0 Å². The highest BCUT2D eigenvalue weighted by atomic mass is 35.5. The average Bonchev–Trinajstić information content (AvgIpc) is 3.21. The molecule has 0 aliphatic carbocycles. The number of likely N-dealkylation sites (tertiary alicyclic amines) is 1. The molecule has 0 bridgehead atoms. The number of rotatable bonds is 6.